The van der Waals surface area contributed by atoms with Crippen LogP contribution in [0.5, 0.6) is 0 Å². The molecule has 4 heterocycles. The summed E-state index contributed by atoms with van der Waals surface area (Å²) in [6.45, 7) is 5.48. The van der Waals surface area contributed by atoms with Crippen LogP contribution >= 0.6 is 0 Å². The molecular formula is C21H27N5O2. The van der Waals surface area contributed by atoms with E-state index in [0.717, 1.165) is 31.4 Å². The lowest BCUT2D eigenvalue weighted by Gasteiger charge is -2.48. The second-order valence-electron chi connectivity index (χ2n) is 7.97. The molecule has 4 rings (SSSR count). The van der Waals surface area contributed by atoms with Gasteiger partial charge in [0.1, 0.15) is 5.69 Å². The Hall–Kier alpha value is -2.70. The Balaban J connectivity index is 1.49. The highest BCUT2D eigenvalue weighted by Gasteiger charge is 2.43. The van der Waals surface area contributed by atoms with E-state index in [9.17, 15) is 9.59 Å². The minimum atomic E-state index is -0.00802. The Morgan fingerprint density at radius 2 is 1.96 bits per heavy atom. The third kappa shape index (κ3) is 3.66. The average molecular weight is 381 g/mol. The molecule has 0 saturated carbocycles. The van der Waals surface area contributed by atoms with Crippen LogP contribution in [0.4, 0.5) is 0 Å². The third-order valence-corrected chi connectivity index (χ3v) is 6.05. The van der Waals surface area contributed by atoms with E-state index in [-0.39, 0.29) is 17.2 Å². The number of rotatable bonds is 4. The van der Waals surface area contributed by atoms with Crippen LogP contribution in [0.2, 0.25) is 0 Å². The summed E-state index contributed by atoms with van der Waals surface area (Å²) >= 11 is 0. The van der Waals surface area contributed by atoms with Crippen molar-refractivity contribution >= 4 is 11.8 Å². The Bertz CT molecular complexity index is 849. The predicted molar refractivity (Wildman–Crippen MR) is 104 cm³/mol. The van der Waals surface area contributed by atoms with Gasteiger partial charge in [0, 0.05) is 63.2 Å². The maximum Gasteiger partial charge on any atom is 0.272 e. The first-order valence-electron chi connectivity index (χ1n) is 10.1. The van der Waals surface area contributed by atoms with Crippen LogP contribution < -0.4 is 0 Å². The maximum absolute atomic E-state index is 13.1. The minimum Gasteiger partial charge on any atom is -0.338 e. The number of piperidine rings is 2. The lowest BCUT2D eigenvalue weighted by atomic mass is 9.73. The van der Waals surface area contributed by atoms with Gasteiger partial charge in [-0.25, -0.2) is 0 Å². The normalized spacial score (nSPS) is 22.7. The van der Waals surface area contributed by atoms with E-state index in [2.05, 4.69) is 10.1 Å². The Morgan fingerprint density at radius 3 is 2.75 bits per heavy atom. The largest absolute Gasteiger partial charge is 0.338 e. The number of nitrogens with zero attached hydrogens (tertiary/aromatic N) is 5. The van der Waals surface area contributed by atoms with E-state index in [0.29, 0.717) is 38.3 Å². The van der Waals surface area contributed by atoms with Gasteiger partial charge in [-0.15, -0.1) is 0 Å². The number of hydrogen-bond donors (Lipinski definition) is 0. The van der Waals surface area contributed by atoms with Crippen molar-refractivity contribution in [2.24, 2.45) is 5.41 Å². The smallest absolute Gasteiger partial charge is 0.272 e. The van der Waals surface area contributed by atoms with Crippen LogP contribution in [0.25, 0.3) is 0 Å². The second-order valence-corrected chi connectivity index (χ2v) is 7.97. The monoisotopic (exact) mass is 381 g/mol. The van der Waals surface area contributed by atoms with Gasteiger partial charge in [0.25, 0.3) is 5.91 Å². The molecule has 7 nitrogen and oxygen atoms in total. The Kier molecular flexibility index (Phi) is 5.15. The van der Waals surface area contributed by atoms with Gasteiger partial charge in [-0.1, -0.05) is 0 Å². The first-order valence-corrected chi connectivity index (χ1v) is 10.1. The molecule has 1 atom stereocenters. The molecule has 2 aliphatic rings. The predicted octanol–water partition coefficient (Wildman–Crippen LogP) is 2.34. The summed E-state index contributed by atoms with van der Waals surface area (Å²) < 4.78 is 1.75. The Morgan fingerprint density at radius 1 is 1.14 bits per heavy atom. The summed E-state index contributed by atoms with van der Waals surface area (Å²) in [7, 11) is 0. The van der Waals surface area contributed by atoms with E-state index < -0.39 is 0 Å². The van der Waals surface area contributed by atoms with Gasteiger partial charge in [0.2, 0.25) is 5.91 Å². The molecule has 2 fully saturated rings. The highest BCUT2D eigenvalue weighted by atomic mass is 16.2. The molecule has 1 spiro atoms. The molecule has 2 aliphatic heterocycles. The number of likely N-dealkylation sites (tertiary alicyclic amines) is 2. The second kappa shape index (κ2) is 7.73. The van der Waals surface area contributed by atoms with Crippen molar-refractivity contribution in [2.75, 3.05) is 19.6 Å². The fourth-order valence-corrected chi connectivity index (χ4v) is 4.60. The Labute approximate surface area is 165 Å². The molecule has 2 amide bonds. The molecule has 0 aromatic carbocycles. The van der Waals surface area contributed by atoms with Crippen LogP contribution in [-0.4, -0.2) is 56.0 Å². The molecule has 0 aliphatic carbocycles. The van der Waals surface area contributed by atoms with E-state index in [4.69, 9.17) is 0 Å². The number of carbonyl (C=O) groups is 2. The summed E-state index contributed by atoms with van der Waals surface area (Å²) in [5.74, 6) is 0.256. The number of carbonyl (C=O) groups excluding carboxylic acids is 2. The van der Waals surface area contributed by atoms with Gasteiger partial charge in [-0.2, -0.15) is 5.10 Å². The van der Waals surface area contributed by atoms with Gasteiger partial charge >= 0.3 is 0 Å². The molecule has 0 bridgehead atoms. The highest BCUT2D eigenvalue weighted by molar-refractivity contribution is 5.92. The number of aryl methyl sites for hydroxylation is 1. The number of hydrogen-bond acceptors (Lipinski definition) is 4. The van der Waals surface area contributed by atoms with Gasteiger partial charge in [0.05, 0.1) is 0 Å². The van der Waals surface area contributed by atoms with E-state index in [1.807, 2.05) is 28.9 Å². The minimum absolute atomic E-state index is 0.00802. The summed E-state index contributed by atoms with van der Waals surface area (Å²) in [5, 5.41) is 4.23. The molecular weight excluding hydrogens is 354 g/mol. The molecule has 2 saturated heterocycles. The van der Waals surface area contributed by atoms with Crippen molar-refractivity contribution in [3.63, 3.8) is 0 Å². The topological polar surface area (TPSA) is 71.3 Å². The van der Waals surface area contributed by atoms with Crippen molar-refractivity contribution in [1.29, 1.82) is 0 Å². The van der Waals surface area contributed by atoms with Crippen LogP contribution in [0, 0.1) is 5.41 Å². The number of aromatic nitrogens is 3. The van der Waals surface area contributed by atoms with Crippen LogP contribution in [0.15, 0.2) is 36.8 Å². The van der Waals surface area contributed by atoms with Gasteiger partial charge in [-0.05, 0) is 49.9 Å². The molecule has 2 aromatic rings. The van der Waals surface area contributed by atoms with Gasteiger partial charge in [0.15, 0.2) is 0 Å². The molecule has 0 N–H and O–H groups in total. The van der Waals surface area contributed by atoms with Crippen molar-refractivity contribution in [2.45, 2.75) is 45.7 Å². The van der Waals surface area contributed by atoms with Crippen molar-refractivity contribution in [3.8, 4) is 0 Å². The van der Waals surface area contributed by atoms with Gasteiger partial charge in [-0.3, -0.25) is 19.3 Å². The summed E-state index contributed by atoms with van der Waals surface area (Å²) in [6, 6.07) is 5.71. The third-order valence-electron chi connectivity index (χ3n) is 6.05. The number of pyridine rings is 1. The molecule has 28 heavy (non-hydrogen) atoms. The summed E-state index contributed by atoms with van der Waals surface area (Å²) in [5.41, 5.74) is 1.74. The van der Waals surface area contributed by atoms with Crippen molar-refractivity contribution in [3.05, 3.63) is 48.0 Å². The molecule has 0 radical (unpaired) electrons. The fourth-order valence-electron chi connectivity index (χ4n) is 4.60. The quantitative estimate of drug-likeness (QED) is 0.815. The van der Waals surface area contributed by atoms with Crippen LogP contribution in [-0.2, 0) is 17.9 Å². The lowest BCUT2D eigenvalue weighted by molar-refractivity contribution is -0.139. The van der Waals surface area contributed by atoms with Crippen LogP contribution in [0.3, 0.4) is 0 Å². The zero-order valence-electron chi connectivity index (χ0n) is 16.4. The fraction of sp³-hybridized carbons (Fsp3) is 0.524. The standard InChI is InChI=1S/C21H27N5O2/c1-2-26-18(7-12-23-26)20(28)24-13-3-8-21(15-24)9-4-19(27)25(16-21)14-17-5-10-22-11-6-17/h5-7,10-12H,2-4,8-9,13-16H2,1H3. The van der Waals surface area contributed by atoms with Crippen molar-refractivity contribution in [1.82, 2.24) is 24.6 Å². The zero-order chi connectivity index (χ0) is 19.6. The van der Waals surface area contributed by atoms with E-state index in [1.165, 1.54) is 0 Å². The van der Waals surface area contributed by atoms with Gasteiger partial charge < -0.3 is 9.80 Å². The van der Waals surface area contributed by atoms with E-state index >= 15 is 0 Å². The van der Waals surface area contributed by atoms with E-state index in [1.54, 1.807) is 29.3 Å². The molecule has 7 heteroatoms. The zero-order valence-corrected chi connectivity index (χ0v) is 16.4. The maximum atomic E-state index is 13.1. The highest BCUT2D eigenvalue weighted by Crippen LogP contribution is 2.39. The first-order chi connectivity index (χ1) is 13.6. The van der Waals surface area contributed by atoms with Crippen LogP contribution in [0.1, 0.15) is 48.7 Å². The summed E-state index contributed by atoms with van der Waals surface area (Å²) in [4.78, 5) is 33.6. The molecule has 148 valence electrons. The molecule has 2 aromatic heterocycles. The SMILES string of the molecule is CCn1nccc1C(=O)N1CCCC2(CCC(=O)N(Cc3ccncc3)C2)C1. The van der Waals surface area contributed by atoms with Crippen molar-refractivity contribution < 1.29 is 9.59 Å². The number of amides is 2. The molecule has 1 unspecified atom stereocenters. The average Bonchev–Trinajstić information content (AvgIpc) is 3.20. The summed E-state index contributed by atoms with van der Waals surface area (Å²) in [6.07, 6.45) is 8.66. The lowest BCUT2D eigenvalue weighted by Crippen LogP contribution is -2.55. The first kappa shape index (κ1) is 18.7.